The van der Waals surface area contributed by atoms with Crippen LogP contribution in [0.25, 0.3) is 0 Å². The van der Waals surface area contributed by atoms with E-state index in [1.807, 2.05) is 32.5 Å². The van der Waals surface area contributed by atoms with Crippen LogP contribution in [-0.2, 0) is 4.74 Å². The SMILES string of the molecule is CCCC(CNC(=O)OC(C)(C)C)NC1CCSC1C. The second kappa shape index (κ2) is 8.13. The molecule has 0 spiro atoms. The van der Waals surface area contributed by atoms with Crippen LogP contribution < -0.4 is 10.6 Å². The van der Waals surface area contributed by atoms with Gasteiger partial charge in [-0.3, -0.25) is 0 Å². The van der Waals surface area contributed by atoms with E-state index in [-0.39, 0.29) is 6.09 Å². The molecule has 3 unspecified atom stereocenters. The molecule has 2 N–H and O–H groups in total. The van der Waals surface area contributed by atoms with Gasteiger partial charge in [-0.05, 0) is 39.4 Å². The third-order valence-electron chi connectivity index (χ3n) is 3.35. The van der Waals surface area contributed by atoms with Crippen molar-refractivity contribution in [1.82, 2.24) is 10.6 Å². The van der Waals surface area contributed by atoms with Crippen LogP contribution in [0.15, 0.2) is 0 Å². The number of alkyl carbamates (subject to hydrolysis) is 1. The summed E-state index contributed by atoms with van der Waals surface area (Å²) in [6, 6.07) is 0.899. The fraction of sp³-hybridized carbons (Fsp3) is 0.933. The number of hydrogen-bond donors (Lipinski definition) is 2. The Balaban J connectivity index is 2.36. The van der Waals surface area contributed by atoms with E-state index in [1.165, 1.54) is 12.2 Å². The first-order valence-corrected chi connectivity index (χ1v) is 8.71. The van der Waals surface area contributed by atoms with Gasteiger partial charge >= 0.3 is 6.09 Å². The Labute approximate surface area is 127 Å². The van der Waals surface area contributed by atoms with Crippen LogP contribution in [0.2, 0.25) is 0 Å². The molecule has 0 aromatic carbocycles. The van der Waals surface area contributed by atoms with Crippen molar-refractivity contribution in [3.63, 3.8) is 0 Å². The maximum Gasteiger partial charge on any atom is 0.407 e. The number of thioether (sulfide) groups is 1. The maximum atomic E-state index is 11.7. The zero-order chi connectivity index (χ0) is 15.2. The molecule has 0 aromatic heterocycles. The average Bonchev–Trinajstić information content (AvgIpc) is 2.70. The predicted molar refractivity (Wildman–Crippen MR) is 86.4 cm³/mol. The Bertz CT molecular complexity index is 305. The molecule has 1 aliphatic heterocycles. The molecule has 0 saturated carbocycles. The van der Waals surface area contributed by atoms with Crippen LogP contribution in [0, 0.1) is 0 Å². The van der Waals surface area contributed by atoms with Crippen molar-refractivity contribution in [2.24, 2.45) is 0 Å². The van der Waals surface area contributed by atoms with Gasteiger partial charge in [0.15, 0.2) is 0 Å². The van der Waals surface area contributed by atoms with E-state index in [2.05, 4.69) is 24.5 Å². The number of amides is 1. The van der Waals surface area contributed by atoms with Crippen molar-refractivity contribution in [3.8, 4) is 0 Å². The third-order valence-corrected chi connectivity index (χ3v) is 4.68. The molecule has 1 fully saturated rings. The molecule has 20 heavy (non-hydrogen) atoms. The van der Waals surface area contributed by atoms with E-state index in [4.69, 9.17) is 4.74 Å². The van der Waals surface area contributed by atoms with Gasteiger partial charge in [-0.25, -0.2) is 4.79 Å². The minimum absolute atomic E-state index is 0.325. The van der Waals surface area contributed by atoms with Gasteiger partial charge in [-0.15, -0.1) is 0 Å². The molecule has 4 nitrogen and oxygen atoms in total. The van der Waals surface area contributed by atoms with E-state index in [0.29, 0.717) is 23.9 Å². The van der Waals surface area contributed by atoms with Crippen LogP contribution in [0.4, 0.5) is 4.79 Å². The van der Waals surface area contributed by atoms with Gasteiger partial charge in [-0.2, -0.15) is 11.8 Å². The molecule has 1 aliphatic rings. The average molecular weight is 302 g/mol. The van der Waals surface area contributed by atoms with Crippen molar-refractivity contribution >= 4 is 17.9 Å². The molecule has 1 amide bonds. The minimum Gasteiger partial charge on any atom is -0.444 e. The van der Waals surface area contributed by atoms with Crippen molar-refractivity contribution < 1.29 is 9.53 Å². The lowest BCUT2D eigenvalue weighted by Crippen LogP contribution is -2.48. The van der Waals surface area contributed by atoms with E-state index < -0.39 is 5.60 Å². The zero-order valence-electron chi connectivity index (χ0n) is 13.5. The first-order valence-electron chi connectivity index (χ1n) is 7.66. The quantitative estimate of drug-likeness (QED) is 0.791. The second-order valence-corrected chi connectivity index (χ2v) is 7.99. The number of hydrogen-bond acceptors (Lipinski definition) is 4. The molecule has 0 aliphatic carbocycles. The van der Waals surface area contributed by atoms with Gasteiger partial charge in [0, 0.05) is 23.9 Å². The molecule has 5 heteroatoms. The van der Waals surface area contributed by atoms with Crippen molar-refractivity contribution in [2.75, 3.05) is 12.3 Å². The Morgan fingerprint density at radius 2 is 2.15 bits per heavy atom. The summed E-state index contributed by atoms with van der Waals surface area (Å²) in [5.74, 6) is 1.23. The summed E-state index contributed by atoms with van der Waals surface area (Å²) >= 11 is 2.02. The maximum absolute atomic E-state index is 11.7. The Kier molecular flexibility index (Phi) is 7.17. The standard InChI is InChI=1S/C15H30N2O2S/c1-6-7-12(17-13-8-9-20-11(13)2)10-16-14(18)19-15(3,4)5/h11-13,17H,6-10H2,1-5H3,(H,16,18). The number of rotatable bonds is 6. The number of carbonyl (C=O) groups is 1. The normalized spacial score (nSPS) is 24.4. The van der Waals surface area contributed by atoms with E-state index in [1.54, 1.807) is 0 Å². The monoisotopic (exact) mass is 302 g/mol. The van der Waals surface area contributed by atoms with Gasteiger partial charge in [0.25, 0.3) is 0 Å². The minimum atomic E-state index is -0.436. The number of carbonyl (C=O) groups excluding carboxylic acids is 1. The molecule has 0 bridgehead atoms. The lowest BCUT2D eigenvalue weighted by molar-refractivity contribution is 0.0521. The van der Waals surface area contributed by atoms with Crippen LogP contribution >= 0.6 is 11.8 Å². The molecule has 0 aromatic rings. The number of ether oxygens (including phenoxy) is 1. The van der Waals surface area contributed by atoms with Gasteiger partial charge in [0.2, 0.25) is 0 Å². The molecule has 1 rings (SSSR count). The van der Waals surface area contributed by atoms with Crippen molar-refractivity contribution in [2.45, 2.75) is 76.8 Å². The summed E-state index contributed by atoms with van der Waals surface area (Å²) < 4.78 is 5.28. The lowest BCUT2D eigenvalue weighted by atomic mass is 10.1. The highest BCUT2D eigenvalue weighted by Gasteiger charge is 2.26. The lowest BCUT2D eigenvalue weighted by Gasteiger charge is -2.26. The predicted octanol–water partition coefficient (Wildman–Crippen LogP) is 3.16. The summed E-state index contributed by atoms with van der Waals surface area (Å²) in [7, 11) is 0. The van der Waals surface area contributed by atoms with Gasteiger partial charge in [0.1, 0.15) is 5.60 Å². The number of nitrogens with one attached hydrogen (secondary N) is 2. The summed E-state index contributed by atoms with van der Waals surface area (Å²) in [4.78, 5) is 11.7. The van der Waals surface area contributed by atoms with E-state index in [0.717, 1.165) is 12.8 Å². The topological polar surface area (TPSA) is 50.4 Å². The summed E-state index contributed by atoms with van der Waals surface area (Å²) in [5, 5.41) is 7.24. The van der Waals surface area contributed by atoms with Crippen LogP contribution in [0.3, 0.4) is 0 Å². The van der Waals surface area contributed by atoms with Crippen molar-refractivity contribution in [3.05, 3.63) is 0 Å². The Morgan fingerprint density at radius 1 is 1.45 bits per heavy atom. The van der Waals surface area contributed by atoms with Gasteiger partial charge in [-0.1, -0.05) is 20.3 Å². The molecule has 1 heterocycles. The largest absolute Gasteiger partial charge is 0.444 e. The molecule has 118 valence electrons. The van der Waals surface area contributed by atoms with Gasteiger partial charge in [0.05, 0.1) is 0 Å². The molecule has 3 atom stereocenters. The van der Waals surface area contributed by atoms with Gasteiger partial charge < -0.3 is 15.4 Å². The van der Waals surface area contributed by atoms with E-state index >= 15 is 0 Å². The highest BCUT2D eigenvalue weighted by Crippen LogP contribution is 2.26. The van der Waals surface area contributed by atoms with Crippen LogP contribution in [-0.4, -0.2) is 41.3 Å². The van der Waals surface area contributed by atoms with Crippen LogP contribution in [0.5, 0.6) is 0 Å². The summed E-state index contributed by atoms with van der Waals surface area (Å²) in [5.41, 5.74) is -0.436. The fourth-order valence-electron chi connectivity index (χ4n) is 2.37. The second-order valence-electron chi connectivity index (χ2n) is 6.51. The third kappa shape index (κ3) is 6.84. The Morgan fingerprint density at radius 3 is 2.65 bits per heavy atom. The van der Waals surface area contributed by atoms with Crippen LogP contribution in [0.1, 0.15) is 53.9 Å². The molecule has 1 saturated heterocycles. The summed E-state index contributed by atoms with van der Waals surface area (Å²) in [6.45, 7) is 10.7. The smallest absolute Gasteiger partial charge is 0.407 e. The highest BCUT2D eigenvalue weighted by molar-refractivity contribution is 8.00. The Hall–Kier alpha value is -0.420. The molecular formula is C15H30N2O2S. The molecule has 0 radical (unpaired) electrons. The van der Waals surface area contributed by atoms with E-state index in [9.17, 15) is 4.79 Å². The molecular weight excluding hydrogens is 272 g/mol. The first kappa shape index (κ1) is 17.6. The summed E-state index contributed by atoms with van der Waals surface area (Å²) in [6.07, 6.45) is 3.08. The zero-order valence-corrected chi connectivity index (χ0v) is 14.3. The fourth-order valence-corrected chi connectivity index (χ4v) is 3.58. The van der Waals surface area contributed by atoms with Crippen molar-refractivity contribution in [1.29, 1.82) is 0 Å². The first-order chi connectivity index (χ1) is 9.31. The highest BCUT2D eigenvalue weighted by atomic mass is 32.2.